The summed E-state index contributed by atoms with van der Waals surface area (Å²) in [4.78, 5) is 21.7. The normalized spacial score (nSPS) is 10.4. The molecule has 0 aliphatic carbocycles. The maximum Gasteiger partial charge on any atom is 0.322 e. The van der Waals surface area contributed by atoms with Crippen molar-refractivity contribution in [2.24, 2.45) is 0 Å². The number of aliphatic carboxylic acids is 1. The first-order chi connectivity index (χ1) is 8.16. The minimum Gasteiger partial charge on any atom is -0.480 e. The van der Waals surface area contributed by atoms with Gasteiger partial charge in [0.1, 0.15) is 12.2 Å². The van der Waals surface area contributed by atoms with Crippen LogP contribution in [0.5, 0.6) is 0 Å². The van der Waals surface area contributed by atoms with Gasteiger partial charge in [0.05, 0.1) is 6.42 Å². The first-order valence-electron chi connectivity index (χ1n) is 4.98. The van der Waals surface area contributed by atoms with Crippen LogP contribution in [0.15, 0.2) is 28.8 Å². The smallest absolute Gasteiger partial charge is 0.322 e. The number of rotatable bonds is 4. The highest BCUT2D eigenvalue weighted by molar-refractivity contribution is 5.87. The number of hydrogen-bond donors (Lipinski definition) is 2. The Labute approximate surface area is 96.2 Å². The monoisotopic (exact) mass is 234 g/mol. The summed E-state index contributed by atoms with van der Waals surface area (Å²) in [6.45, 7) is -0.394. The zero-order chi connectivity index (χ0) is 12.3. The van der Waals surface area contributed by atoms with Crippen molar-refractivity contribution in [1.29, 1.82) is 0 Å². The Morgan fingerprint density at radius 3 is 2.88 bits per heavy atom. The number of benzene rings is 1. The third kappa shape index (κ3) is 2.60. The zero-order valence-electron chi connectivity index (χ0n) is 8.84. The Bertz CT molecular complexity index is 561. The second kappa shape index (κ2) is 4.65. The fourth-order valence-corrected chi connectivity index (χ4v) is 1.45. The van der Waals surface area contributed by atoms with E-state index >= 15 is 0 Å². The summed E-state index contributed by atoms with van der Waals surface area (Å²) in [6.07, 6.45) is 0.00426. The van der Waals surface area contributed by atoms with Crippen LogP contribution in [0.1, 0.15) is 5.69 Å². The predicted octanol–water partition coefficient (Wildman–Crippen LogP) is 0.571. The van der Waals surface area contributed by atoms with E-state index in [1.54, 1.807) is 12.1 Å². The highest BCUT2D eigenvalue weighted by atomic mass is 16.5. The lowest BCUT2D eigenvalue weighted by Crippen LogP contribution is -2.30. The Morgan fingerprint density at radius 1 is 1.35 bits per heavy atom. The van der Waals surface area contributed by atoms with Crippen molar-refractivity contribution >= 4 is 22.8 Å². The number of hydrogen-bond acceptors (Lipinski definition) is 4. The lowest BCUT2D eigenvalue weighted by atomic mass is 10.1. The molecule has 1 amide bonds. The first-order valence-corrected chi connectivity index (χ1v) is 4.98. The molecule has 0 atom stereocenters. The van der Waals surface area contributed by atoms with Crippen molar-refractivity contribution < 1.29 is 19.2 Å². The molecule has 6 heteroatoms. The number of nitrogens with zero attached hydrogens (tertiary/aromatic N) is 1. The van der Waals surface area contributed by atoms with E-state index in [9.17, 15) is 9.59 Å². The molecule has 0 saturated carbocycles. The van der Waals surface area contributed by atoms with Gasteiger partial charge < -0.3 is 14.9 Å². The highest BCUT2D eigenvalue weighted by Gasteiger charge is 2.12. The zero-order valence-corrected chi connectivity index (χ0v) is 8.84. The van der Waals surface area contributed by atoms with Crippen LogP contribution in [0, 0.1) is 0 Å². The molecule has 2 rings (SSSR count). The minimum atomic E-state index is -1.08. The van der Waals surface area contributed by atoms with Crippen molar-refractivity contribution in [3.05, 3.63) is 30.0 Å². The van der Waals surface area contributed by atoms with Gasteiger partial charge in [0.15, 0.2) is 5.58 Å². The number of carboxylic acid groups (broad SMARTS) is 1. The minimum absolute atomic E-state index is 0.00426. The molecule has 6 nitrogen and oxygen atoms in total. The van der Waals surface area contributed by atoms with Crippen LogP contribution in [0.2, 0.25) is 0 Å². The molecule has 0 spiro atoms. The molecule has 1 heterocycles. The van der Waals surface area contributed by atoms with E-state index in [1.807, 2.05) is 12.1 Å². The number of carbonyl (C=O) groups is 2. The average molecular weight is 234 g/mol. The Balaban J connectivity index is 2.08. The summed E-state index contributed by atoms with van der Waals surface area (Å²) in [5.74, 6) is -1.48. The first kappa shape index (κ1) is 11.1. The maximum absolute atomic E-state index is 11.4. The van der Waals surface area contributed by atoms with Crippen LogP contribution in [-0.2, 0) is 16.0 Å². The molecule has 88 valence electrons. The van der Waals surface area contributed by atoms with Crippen LogP contribution in [0.4, 0.5) is 0 Å². The predicted molar refractivity (Wildman–Crippen MR) is 58.4 cm³/mol. The van der Waals surface area contributed by atoms with Crippen molar-refractivity contribution in [2.45, 2.75) is 6.42 Å². The van der Waals surface area contributed by atoms with Gasteiger partial charge in [0.2, 0.25) is 5.91 Å². The number of fused-ring (bicyclic) bond motifs is 1. The van der Waals surface area contributed by atoms with Crippen LogP contribution < -0.4 is 5.32 Å². The molecule has 0 bridgehead atoms. The lowest BCUT2D eigenvalue weighted by molar-refractivity contribution is -0.137. The van der Waals surface area contributed by atoms with E-state index in [2.05, 4.69) is 10.5 Å². The summed E-state index contributed by atoms with van der Waals surface area (Å²) < 4.78 is 5.03. The van der Waals surface area contributed by atoms with Gasteiger partial charge in [-0.15, -0.1) is 0 Å². The fourth-order valence-electron chi connectivity index (χ4n) is 1.45. The maximum atomic E-state index is 11.4. The largest absolute Gasteiger partial charge is 0.480 e. The van der Waals surface area contributed by atoms with E-state index < -0.39 is 18.4 Å². The Hall–Kier alpha value is -2.37. The van der Waals surface area contributed by atoms with Crippen LogP contribution in [0.25, 0.3) is 11.0 Å². The molecule has 17 heavy (non-hydrogen) atoms. The van der Waals surface area contributed by atoms with Gasteiger partial charge in [-0.2, -0.15) is 0 Å². The summed E-state index contributed by atoms with van der Waals surface area (Å²) in [7, 11) is 0. The summed E-state index contributed by atoms with van der Waals surface area (Å²) in [5, 5.41) is 15.2. The van der Waals surface area contributed by atoms with Crippen molar-refractivity contribution in [1.82, 2.24) is 10.5 Å². The number of carbonyl (C=O) groups excluding carboxylic acids is 1. The van der Waals surface area contributed by atoms with Gasteiger partial charge in [0.25, 0.3) is 0 Å². The number of aromatic nitrogens is 1. The molecule has 0 unspecified atom stereocenters. The quantitative estimate of drug-likeness (QED) is 0.806. The highest BCUT2D eigenvalue weighted by Crippen LogP contribution is 2.17. The topological polar surface area (TPSA) is 92.4 Å². The Kier molecular flexibility index (Phi) is 3.04. The average Bonchev–Trinajstić information content (AvgIpc) is 2.70. The number of nitrogens with one attached hydrogen (secondary N) is 1. The van der Waals surface area contributed by atoms with Crippen molar-refractivity contribution in [3.63, 3.8) is 0 Å². The molecule has 0 radical (unpaired) electrons. The second-order valence-electron chi connectivity index (χ2n) is 3.47. The van der Waals surface area contributed by atoms with Crippen LogP contribution >= 0.6 is 0 Å². The molecule has 2 aromatic rings. The molecule has 0 aliphatic heterocycles. The SMILES string of the molecule is O=C(O)CNC(=O)Cc1noc2ccccc12. The van der Waals surface area contributed by atoms with Crippen LogP contribution in [0.3, 0.4) is 0 Å². The Morgan fingerprint density at radius 2 is 2.12 bits per heavy atom. The van der Waals surface area contributed by atoms with E-state index in [0.717, 1.165) is 5.39 Å². The molecule has 0 fully saturated rings. The summed E-state index contributed by atoms with van der Waals surface area (Å²) in [6, 6.07) is 7.17. The number of carboxylic acids is 1. The van der Waals surface area contributed by atoms with Gasteiger partial charge in [-0.3, -0.25) is 9.59 Å². The van der Waals surface area contributed by atoms with Gasteiger partial charge >= 0.3 is 5.97 Å². The molecule has 2 N–H and O–H groups in total. The van der Waals surface area contributed by atoms with Gasteiger partial charge in [-0.25, -0.2) is 0 Å². The van der Waals surface area contributed by atoms with Gasteiger partial charge in [0, 0.05) is 5.39 Å². The van der Waals surface area contributed by atoms with Crippen molar-refractivity contribution in [2.75, 3.05) is 6.54 Å². The summed E-state index contributed by atoms with van der Waals surface area (Å²) in [5.41, 5.74) is 1.11. The third-order valence-electron chi connectivity index (χ3n) is 2.22. The standard InChI is InChI=1S/C11H10N2O4/c14-10(12-6-11(15)16)5-8-7-3-1-2-4-9(7)17-13-8/h1-4H,5-6H2,(H,12,14)(H,15,16). The summed E-state index contributed by atoms with van der Waals surface area (Å²) >= 11 is 0. The van der Waals surface area contributed by atoms with Crippen LogP contribution in [-0.4, -0.2) is 28.7 Å². The van der Waals surface area contributed by atoms with Gasteiger partial charge in [-0.1, -0.05) is 17.3 Å². The number of para-hydroxylation sites is 1. The van der Waals surface area contributed by atoms with Gasteiger partial charge in [-0.05, 0) is 12.1 Å². The molecule has 0 saturated heterocycles. The molecule has 1 aromatic heterocycles. The van der Waals surface area contributed by atoms with E-state index in [0.29, 0.717) is 11.3 Å². The molecular formula is C11H10N2O4. The van der Waals surface area contributed by atoms with Crippen molar-refractivity contribution in [3.8, 4) is 0 Å². The molecular weight excluding hydrogens is 224 g/mol. The third-order valence-corrected chi connectivity index (χ3v) is 2.22. The molecule has 1 aromatic carbocycles. The van der Waals surface area contributed by atoms with E-state index in [4.69, 9.17) is 9.63 Å². The van der Waals surface area contributed by atoms with E-state index in [-0.39, 0.29) is 6.42 Å². The second-order valence-corrected chi connectivity index (χ2v) is 3.47. The lowest BCUT2D eigenvalue weighted by Gasteiger charge is -1.99. The fraction of sp³-hybridized carbons (Fsp3) is 0.182. The molecule has 0 aliphatic rings. The number of amides is 1. The van der Waals surface area contributed by atoms with E-state index in [1.165, 1.54) is 0 Å².